The van der Waals surface area contributed by atoms with Crippen molar-refractivity contribution in [1.82, 2.24) is 25.4 Å². The molecule has 2 fully saturated rings. The minimum atomic E-state index is 0.0550. The second-order valence-electron chi connectivity index (χ2n) is 7.56. The molecule has 2 aliphatic rings. The van der Waals surface area contributed by atoms with Gasteiger partial charge in [0.2, 0.25) is 11.8 Å². The van der Waals surface area contributed by atoms with Gasteiger partial charge in [-0.15, -0.1) is 0 Å². The number of carbonyl (C=O) groups excluding carboxylic acids is 2. The molecule has 0 saturated carbocycles. The Balaban J connectivity index is 1.45. The van der Waals surface area contributed by atoms with Crippen LogP contribution in [0.4, 0.5) is 0 Å². The molecule has 27 heavy (non-hydrogen) atoms. The van der Waals surface area contributed by atoms with E-state index in [-0.39, 0.29) is 17.7 Å². The van der Waals surface area contributed by atoms with Gasteiger partial charge in [0.1, 0.15) is 0 Å². The maximum atomic E-state index is 12.6. The summed E-state index contributed by atoms with van der Waals surface area (Å²) in [5.74, 6) is 0.381. The number of piperidine rings is 2. The molecule has 148 valence electrons. The fourth-order valence-corrected chi connectivity index (χ4v) is 4.13. The third-order valence-corrected chi connectivity index (χ3v) is 5.67. The van der Waals surface area contributed by atoms with Gasteiger partial charge in [-0.3, -0.25) is 19.5 Å². The van der Waals surface area contributed by atoms with Crippen molar-refractivity contribution in [2.75, 3.05) is 39.8 Å². The maximum Gasteiger partial charge on any atom is 0.236 e. The number of hydrogen-bond acceptors (Lipinski definition) is 5. The first-order valence-electron chi connectivity index (χ1n) is 10.0. The predicted octanol–water partition coefficient (Wildman–Crippen LogP) is 0.620. The summed E-state index contributed by atoms with van der Waals surface area (Å²) < 4.78 is 0. The van der Waals surface area contributed by atoms with Crippen LogP contribution in [-0.2, 0) is 16.1 Å². The average molecular weight is 374 g/mol. The minimum Gasteiger partial charge on any atom is -0.352 e. The Morgan fingerprint density at radius 1 is 1.22 bits per heavy atom. The molecule has 0 aliphatic carbocycles. The zero-order chi connectivity index (χ0) is 19.1. The molecular weight excluding hydrogens is 342 g/mol. The number of carbonyl (C=O) groups is 2. The van der Waals surface area contributed by atoms with Crippen molar-refractivity contribution >= 4 is 11.8 Å². The normalized spacial score (nSPS) is 21.8. The quantitative estimate of drug-likeness (QED) is 0.764. The molecule has 2 saturated heterocycles. The van der Waals surface area contributed by atoms with E-state index in [1.54, 1.807) is 19.4 Å². The van der Waals surface area contributed by atoms with Crippen LogP contribution in [0.25, 0.3) is 0 Å². The van der Waals surface area contributed by atoms with Crippen molar-refractivity contribution in [3.8, 4) is 0 Å². The summed E-state index contributed by atoms with van der Waals surface area (Å²) in [5.41, 5.74) is 1.03. The van der Waals surface area contributed by atoms with Crippen LogP contribution < -0.4 is 10.6 Å². The molecule has 0 radical (unpaired) electrons. The van der Waals surface area contributed by atoms with Crippen molar-refractivity contribution in [3.05, 3.63) is 30.1 Å². The monoisotopic (exact) mass is 373 g/mol. The number of nitrogens with one attached hydrogen (secondary N) is 2. The minimum absolute atomic E-state index is 0.0550. The Bertz CT molecular complexity index is 616. The number of rotatable bonds is 6. The van der Waals surface area contributed by atoms with Crippen molar-refractivity contribution in [1.29, 1.82) is 0 Å². The lowest BCUT2D eigenvalue weighted by molar-refractivity contribution is -0.131. The Labute approximate surface area is 161 Å². The molecule has 0 aromatic carbocycles. The first kappa shape index (κ1) is 19.8. The van der Waals surface area contributed by atoms with E-state index in [9.17, 15) is 9.59 Å². The average Bonchev–Trinajstić information content (AvgIpc) is 2.73. The van der Waals surface area contributed by atoms with Gasteiger partial charge in [0.25, 0.3) is 0 Å². The van der Waals surface area contributed by atoms with Crippen molar-refractivity contribution in [2.24, 2.45) is 5.92 Å². The molecule has 0 spiro atoms. The second kappa shape index (κ2) is 9.80. The molecule has 2 amide bonds. The molecule has 2 N–H and O–H groups in total. The van der Waals surface area contributed by atoms with E-state index in [1.807, 2.05) is 17.0 Å². The SMILES string of the molecule is CNCC(=O)N1CCC(N2CCCC(C(=O)NCc3cccnc3)C2)CC1. The van der Waals surface area contributed by atoms with E-state index < -0.39 is 0 Å². The standard InChI is InChI=1S/C20H31N5O2/c1-21-14-19(26)24-10-6-18(7-11-24)25-9-3-5-17(15-25)20(27)23-13-16-4-2-8-22-12-16/h2,4,8,12,17-18,21H,3,5-7,9-11,13-15H2,1H3,(H,23,27). The molecular formula is C20H31N5O2. The number of pyridine rings is 1. The summed E-state index contributed by atoms with van der Waals surface area (Å²) in [7, 11) is 1.80. The van der Waals surface area contributed by atoms with Crippen LogP contribution in [0, 0.1) is 5.92 Å². The Hall–Kier alpha value is -1.99. The van der Waals surface area contributed by atoms with Gasteiger partial charge in [-0.05, 0) is 50.9 Å². The highest BCUT2D eigenvalue weighted by atomic mass is 16.2. The summed E-state index contributed by atoms with van der Waals surface area (Å²) in [6, 6.07) is 4.35. The van der Waals surface area contributed by atoms with Crippen molar-refractivity contribution in [3.63, 3.8) is 0 Å². The second-order valence-corrected chi connectivity index (χ2v) is 7.56. The van der Waals surface area contributed by atoms with Crippen LogP contribution in [0.1, 0.15) is 31.2 Å². The van der Waals surface area contributed by atoms with E-state index in [4.69, 9.17) is 0 Å². The van der Waals surface area contributed by atoms with E-state index >= 15 is 0 Å². The fourth-order valence-electron chi connectivity index (χ4n) is 4.13. The number of hydrogen-bond donors (Lipinski definition) is 2. The Morgan fingerprint density at radius 3 is 2.74 bits per heavy atom. The van der Waals surface area contributed by atoms with Gasteiger partial charge in [0.15, 0.2) is 0 Å². The van der Waals surface area contributed by atoms with Crippen LogP contribution in [0.2, 0.25) is 0 Å². The molecule has 1 unspecified atom stereocenters. The molecule has 1 aromatic heterocycles. The van der Waals surface area contributed by atoms with E-state index in [2.05, 4.69) is 20.5 Å². The molecule has 3 heterocycles. The summed E-state index contributed by atoms with van der Waals surface area (Å²) in [6.45, 7) is 4.47. The topological polar surface area (TPSA) is 77.6 Å². The van der Waals surface area contributed by atoms with Gasteiger partial charge in [-0.25, -0.2) is 0 Å². The number of amides is 2. The third-order valence-electron chi connectivity index (χ3n) is 5.67. The van der Waals surface area contributed by atoms with Crippen molar-refractivity contribution in [2.45, 2.75) is 38.3 Å². The summed E-state index contributed by atoms with van der Waals surface area (Å²) >= 11 is 0. The highest BCUT2D eigenvalue weighted by molar-refractivity contribution is 5.79. The lowest BCUT2D eigenvalue weighted by atomic mass is 9.93. The third kappa shape index (κ3) is 5.49. The first-order chi connectivity index (χ1) is 13.2. The first-order valence-corrected chi connectivity index (χ1v) is 10.0. The lowest BCUT2D eigenvalue weighted by Gasteiger charge is -2.42. The van der Waals surface area contributed by atoms with Crippen LogP contribution in [0.3, 0.4) is 0 Å². The number of likely N-dealkylation sites (tertiary alicyclic amines) is 2. The largest absolute Gasteiger partial charge is 0.352 e. The zero-order valence-corrected chi connectivity index (χ0v) is 16.2. The smallest absolute Gasteiger partial charge is 0.236 e. The maximum absolute atomic E-state index is 12.6. The number of nitrogens with zero attached hydrogens (tertiary/aromatic N) is 3. The molecule has 2 aliphatic heterocycles. The number of likely N-dealkylation sites (N-methyl/N-ethyl adjacent to an activating group) is 1. The summed E-state index contributed by atoms with van der Waals surface area (Å²) in [5, 5.41) is 5.99. The summed E-state index contributed by atoms with van der Waals surface area (Å²) in [4.78, 5) is 33.1. The van der Waals surface area contributed by atoms with Gasteiger partial charge >= 0.3 is 0 Å². The fraction of sp³-hybridized carbons (Fsp3) is 0.650. The lowest BCUT2D eigenvalue weighted by Crippen LogP contribution is -2.52. The molecule has 3 rings (SSSR count). The van der Waals surface area contributed by atoms with Gasteiger partial charge < -0.3 is 15.5 Å². The Kier molecular flexibility index (Phi) is 7.18. The molecule has 0 bridgehead atoms. The highest BCUT2D eigenvalue weighted by Gasteiger charge is 2.32. The number of aromatic nitrogens is 1. The van der Waals surface area contributed by atoms with Gasteiger partial charge in [-0.1, -0.05) is 6.07 Å². The molecule has 7 nitrogen and oxygen atoms in total. The van der Waals surface area contributed by atoms with E-state index in [1.165, 1.54) is 0 Å². The zero-order valence-electron chi connectivity index (χ0n) is 16.2. The van der Waals surface area contributed by atoms with Crippen LogP contribution >= 0.6 is 0 Å². The van der Waals surface area contributed by atoms with Crippen LogP contribution in [-0.4, -0.2) is 72.4 Å². The van der Waals surface area contributed by atoms with E-state index in [0.29, 0.717) is 19.1 Å². The van der Waals surface area contributed by atoms with E-state index in [0.717, 1.165) is 57.4 Å². The van der Waals surface area contributed by atoms with Crippen LogP contribution in [0.15, 0.2) is 24.5 Å². The van der Waals surface area contributed by atoms with Crippen LogP contribution in [0.5, 0.6) is 0 Å². The van der Waals surface area contributed by atoms with Gasteiger partial charge in [0, 0.05) is 44.6 Å². The van der Waals surface area contributed by atoms with Gasteiger partial charge in [0.05, 0.1) is 12.5 Å². The predicted molar refractivity (Wildman–Crippen MR) is 104 cm³/mol. The molecule has 1 atom stereocenters. The van der Waals surface area contributed by atoms with Gasteiger partial charge in [-0.2, -0.15) is 0 Å². The summed E-state index contributed by atoms with van der Waals surface area (Å²) in [6.07, 6.45) is 7.54. The highest BCUT2D eigenvalue weighted by Crippen LogP contribution is 2.24. The molecule has 7 heteroatoms. The molecule has 1 aromatic rings. The van der Waals surface area contributed by atoms with Crippen molar-refractivity contribution < 1.29 is 9.59 Å². The Morgan fingerprint density at radius 2 is 2.04 bits per heavy atom.